The van der Waals surface area contributed by atoms with Crippen LogP contribution < -0.4 is 10.1 Å². The van der Waals surface area contributed by atoms with Gasteiger partial charge in [-0.25, -0.2) is 17.8 Å². The Morgan fingerprint density at radius 2 is 2.22 bits per heavy atom. The number of carbonyl (C=O) groups is 1. The summed E-state index contributed by atoms with van der Waals surface area (Å²) < 4.78 is 45.1. The van der Waals surface area contributed by atoms with Crippen LogP contribution in [0.3, 0.4) is 0 Å². The average molecular weight is 417 g/mol. The van der Waals surface area contributed by atoms with Crippen LogP contribution in [-0.2, 0) is 14.8 Å². The fourth-order valence-corrected chi connectivity index (χ4v) is 4.38. The molecule has 0 aliphatic carbocycles. The molecule has 9 nitrogen and oxygen atoms in total. The lowest BCUT2D eigenvalue weighted by Gasteiger charge is -2.21. The van der Waals surface area contributed by atoms with E-state index in [-0.39, 0.29) is 23.7 Å². The van der Waals surface area contributed by atoms with E-state index >= 15 is 0 Å². The first-order chi connectivity index (χ1) is 12.9. The monoisotopic (exact) mass is 417 g/mol. The number of halogens is 1. The highest BCUT2D eigenvalue weighted by atomic mass is 32.2. The smallest absolute Gasteiger partial charge is 0.247 e. The number of hydrogen-bond donors (Lipinski definition) is 2. The summed E-state index contributed by atoms with van der Waals surface area (Å²) in [6, 6.07) is 3.21. The minimum absolute atomic E-state index is 0.0127. The molecule has 12 heteroatoms. The molecule has 27 heavy (non-hydrogen) atoms. The van der Waals surface area contributed by atoms with Crippen LogP contribution in [0.5, 0.6) is 5.75 Å². The summed E-state index contributed by atoms with van der Waals surface area (Å²) in [5, 5.41) is 9.65. The maximum absolute atomic E-state index is 13.5. The summed E-state index contributed by atoms with van der Waals surface area (Å²) >= 11 is 1.37. The topological polar surface area (TPSA) is 117 Å². The number of sulfonamides is 1. The van der Waals surface area contributed by atoms with Crippen LogP contribution in [0.15, 0.2) is 34.6 Å². The number of carbonyl (C=O) groups excluding carboxylic acids is 1. The number of aromatic amines is 1. The summed E-state index contributed by atoms with van der Waals surface area (Å²) in [4.78, 5) is 15.7. The molecule has 0 radical (unpaired) electrons. The zero-order valence-corrected chi connectivity index (χ0v) is 16.4. The van der Waals surface area contributed by atoms with Crippen LogP contribution in [0.25, 0.3) is 0 Å². The van der Waals surface area contributed by atoms with Crippen LogP contribution in [0, 0.1) is 5.82 Å². The second-order valence-corrected chi connectivity index (χ2v) is 8.21. The number of likely N-dealkylation sites (N-methyl/N-ethyl adjacent to an activating group) is 1. The number of methoxy groups -OCH3 is 1. The number of nitrogens with one attached hydrogen (secondary N) is 2. The van der Waals surface area contributed by atoms with Gasteiger partial charge in [-0.1, -0.05) is 18.7 Å². The largest absolute Gasteiger partial charge is 0.495 e. The molecule has 1 aromatic heterocycles. The van der Waals surface area contributed by atoms with E-state index in [1.165, 1.54) is 31.3 Å². The SMILES string of the molecule is CCN(CC(=O)NCCSc1ncn[nH]1)S(=O)(=O)c1cc(F)ccc1OC. The highest BCUT2D eigenvalue weighted by Gasteiger charge is 2.28. The zero-order valence-electron chi connectivity index (χ0n) is 14.8. The molecule has 2 aromatic rings. The first-order valence-electron chi connectivity index (χ1n) is 7.97. The minimum atomic E-state index is -4.10. The van der Waals surface area contributed by atoms with E-state index in [0.717, 1.165) is 16.4 Å². The third-order valence-electron chi connectivity index (χ3n) is 3.47. The standard InChI is InChI=1S/C15H20FN5O4S2/c1-3-21(9-14(22)17-6-7-26-15-18-10-19-20-15)27(23,24)13-8-11(16)4-5-12(13)25-2/h4-5,8,10H,3,6-7,9H2,1-2H3,(H,17,22)(H,18,19,20). The van der Waals surface area contributed by atoms with Gasteiger partial charge >= 0.3 is 0 Å². The first-order valence-corrected chi connectivity index (χ1v) is 10.4. The third-order valence-corrected chi connectivity index (χ3v) is 6.29. The van der Waals surface area contributed by atoms with Gasteiger partial charge in [0.2, 0.25) is 15.9 Å². The van der Waals surface area contributed by atoms with Crippen molar-refractivity contribution in [3.8, 4) is 5.75 Å². The average Bonchev–Trinajstić information content (AvgIpc) is 3.16. The molecular weight excluding hydrogens is 397 g/mol. The van der Waals surface area contributed by atoms with Gasteiger partial charge in [-0.15, -0.1) is 0 Å². The number of amides is 1. The van der Waals surface area contributed by atoms with Gasteiger partial charge in [0.15, 0.2) is 5.16 Å². The Balaban J connectivity index is 1.98. The summed E-state index contributed by atoms with van der Waals surface area (Å²) in [5.74, 6) is -0.621. The van der Waals surface area contributed by atoms with Gasteiger partial charge in [0, 0.05) is 18.8 Å². The molecule has 1 heterocycles. The molecule has 0 unspecified atom stereocenters. The van der Waals surface area contributed by atoms with Gasteiger partial charge in [0.1, 0.15) is 22.8 Å². The molecule has 148 valence electrons. The molecule has 0 saturated carbocycles. The van der Waals surface area contributed by atoms with E-state index in [1.807, 2.05) is 0 Å². The number of rotatable bonds is 10. The van der Waals surface area contributed by atoms with Crippen molar-refractivity contribution in [3.63, 3.8) is 0 Å². The number of benzene rings is 1. The summed E-state index contributed by atoms with van der Waals surface area (Å²) in [6.45, 7) is 1.58. The maximum atomic E-state index is 13.5. The van der Waals surface area contributed by atoms with E-state index in [9.17, 15) is 17.6 Å². The summed E-state index contributed by atoms with van der Waals surface area (Å²) in [7, 11) is -2.81. The van der Waals surface area contributed by atoms with Crippen molar-refractivity contribution >= 4 is 27.7 Å². The third kappa shape index (κ3) is 5.65. The molecular formula is C15H20FN5O4S2. The molecule has 0 atom stereocenters. The second kappa shape index (κ2) is 9.67. The van der Waals surface area contributed by atoms with Crippen molar-refractivity contribution < 1.29 is 22.3 Å². The molecule has 0 spiro atoms. The van der Waals surface area contributed by atoms with Crippen molar-refractivity contribution in [2.45, 2.75) is 17.0 Å². The van der Waals surface area contributed by atoms with Crippen molar-refractivity contribution in [3.05, 3.63) is 30.3 Å². The molecule has 1 aromatic carbocycles. The fraction of sp³-hybridized carbons (Fsp3) is 0.400. The Bertz CT molecular complexity index is 861. The Labute approximate surface area is 160 Å². The minimum Gasteiger partial charge on any atom is -0.495 e. The first kappa shape index (κ1) is 21.1. The Morgan fingerprint density at radius 3 is 2.85 bits per heavy atom. The van der Waals surface area contributed by atoms with E-state index < -0.39 is 21.7 Å². The molecule has 0 bridgehead atoms. The lowest BCUT2D eigenvalue weighted by atomic mass is 10.3. The van der Waals surface area contributed by atoms with Gasteiger partial charge in [-0.05, 0) is 18.2 Å². The predicted molar refractivity (Wildman–Crippen MR) is 97.5 cm³/mol. The van der Waals surface area contributed by atoms with Crippen LogP contribution in [0.2, 0.25) is 0 Å². The molecule has 0 fully saturated rings. The van der Waals surface area contributed by atoms with Crippen molar-refractivity contribution in [1.29, 1.82) is 0 Å². The highest BCUT2D eigenvalue weighted by molar-refractivity contribution is 7.99. The Hall–Kier alpha value is -2.18. The van der Waals surface area contributed by atoms with Gasteiger partial charge in [-0.3, -0.25) is 9.89 Å². The Kier molecular flexibility index (Phi) is 7.56. The van der Waals surface area contributed by atoms with Crippen molar-refractivity contribution in [1.82, 2.24) is 24.8 Å². The van der Waals surface area contributed by atoms with Crippen LogP contribution in [-0.4, -0.2) is 66.3 Å². The van der Waals surface area contributed by atoms with Gasteiger partial charge in [-0.2, -0.15) is 9.40 Å². The predicted octanol–water partition coefficient (Wildman–Crippen LogP) is 0.871. The summed E-state index contributed by atoms with van der Waals surface area (Å²) in [6.07, 6.45) is 1.38. The number of nitrogens with zero attached hydrogens (tertiary/aromatic N) is 3. The van der Waals surface area contributed by atoms with E-state index in [1.54, 1.807) is 6.92 Å². The lowest BCUT2D eigenvalue weighted by molar-refractivity contribution is -0.121. The quantitative estimate of drug-likeness (QED) is 0.435. The molecule has 2 rings (SSSR count). The van der Waals surface area contributed by atoms with Crippen molar-refractivity contribution in [2.24, 2.45) is 0 Å². The van der Waals surface area contributed by atoms with Crippen LogP contribution in [0.4, 0.5) is 4.39 Å². The van der Waals surface area contributed by atoms with Crippen LogP contribution >= 0.6 is 11.8 Å². The maximum Gasteiger partial charge on any atom is 0.247 e. The normalized spacial score (nSPS) is 11.6. The molecule has 2 N–H and O–H groups in total. The number of ether oxygens (including phenoxy) is 1. The van der Waals surface area contributed by atoms with Gasteiger partial charge in [0.05, 0.1) is 13.7 Å². The van der Waals surface area contributed by atoms with Gasteiger partial charge < -0.3 is 10.1 Å². The number of hydrogen-bond acceptors (Lipinski definition) is 7. The number of aromatic nitrogens is 3. The number of H-pyrrole nitrogens is 1. The van der Waals surface area contributed by atoms with E-state index in [0.29, 0.717) is 17.5 Å². The molecule has 0 saturated heterocycles. The molecule has 0 aliphatic rings. The van der Waals surface area contributed by atoms with E-state index in [4.69, 9.17) is 4.74 Å². The second-order valence-electron chi connectivity index (χ2n) is 5.22. The zero-order chi connectivity index (χ0) is 19.9. The van der Waals surface area contributed by atoms with Crippen LogP contribution in [0.1, 0.15) is 6.92 Å². The molecule has 1 amide bonds. The number of thioether (sulfide) groups is 1. The molecule has 0 aliphatic heterocycles. The van der Waals surface area contributed by atoms with Gasteiger partial charge in [0.25, 0.3) is 0 Å². The van der Waals surface area contributed by atoms with E-state index in [2.05, 4.69) is 20.5 Å². The fourth-order valence-electron chi connectivity index (χ4n) is 2.18. The summed E-state index contributed by atoms with van der Waals surface area (Å²) in [5.41, 5.74) is 0. The lowest BCUT2D eigenvalue weighted by Crippen LogP contribution is -2.41. The highest BCUT2D eigenvalue weighted by Crippen LogP contribution is 2.27. The van der Waals surface area contributed by atoms with Crippen molar-refractivity contribution in [2.75, 3.05) is 32.5 Å². The Morgan fingerprint density at radius 1 is 1.44 bits per heavy atom.